The molecule has 104 valence electrons. The number of hydrogen-bond donors (Lipinski definition) is 2. The van der Waals surface area contributed by atoms with Crippen molar-refractivity contribution in [3.63, 3.8) is 0 Å². The third-order valence-electron chi connectivity index (χ3n) is 3.07. The fourth-order valence-corrected chi connectivity index (χ4v) is 1.97. The van der Waals surface area contributed by atoms with Crippen molar-refractivity contribution in [1.82, 2.24) is 0 Å². The first-order chi connectivity index (χ1) is 9.70. The average Bonchev–Trinajstić information content (AvgIpc) is 2.46. The Kier molecular flexibility index (Phi) is 4.80. The largest absolute Gasteiger partial charge is 0.507 e. The molecule has 2 aromatic carbocycles. The second-order valence-electron chi connectivity index (χ2n) is 4.63. The molecule has 0 bridgehead atoms. The van der Waals surface area contributed by atoms with E-state index in [0.717, 1.165) is 5.56 Å². The Morgan fingerprint density at radius 3 is 2.60 bits per heavy atom. The van der Waals surface area contributed by atoms with Crippen LogP contribution in [0.1, 0.15) is 23.6 Å². The zero-order chi connectivity index (χ0) is 14.4. The van der Waals surface area contributed by atoms with Crippen LogP contribution in [0.3, 0.4) is 0 Å². The summed E-state index contributed by atoms with van der Waals surface area (Å²) in [5, 5.41) is 9.99. The van der Waals surface area contributed by atoms with Gasteiger partial charge in [0, 0.05) is 17.7 Å². The molecular weight excluding hydrogens is 250 g/mol. The average molecular weight is 269 g/mol. The molecule has 0 unspecified atom stereocenters. The van der Waals surface area contributed by atoms with Gasteiger partial charge in [0.15, 0.2) is 0 Å². The lowest BCUT2D eigenvalue weighted by molar-refractivity contribution is 0.304. The summed E-state index contributed by atoms with van der Waals surface area (Å²) in [6.45, 7) is 4.12. The molecule has 3 heteroatoms. The van der Waals surface area contributed by atoms with Crippen molar-refractivity contribution in [3.05, 3.63) is 72.3 Å². The van der Waals surface area contributed by atoms with E-state index in [1.54, 1.807) is 18.2 Å². The second kappa shape index (κ2) is 6.78. The number of phenolic OH excluding ortho intramolecular Hbond substituents is 1. The van der Waals surface area contributed by atoms with Crippen LogP contribution in [0.5, 0.6) is 11.5 Å². The molecule has 0 heterocycles. The van der Waals surface area contributed by atoms with Crippen molar-refractivity contribution in [1.29, 1.82) is 0 Å². The van der Waals surface area contributed by atoms with Gasteiger partial charge in [-0.05, 0) is 18.1 Å². The summed E-state index contributed by atoms with van der Waals surface area (Å²) >= 11 is 0. The van der Waals surface area contributed by atoms with Gasteiger partial charge < -0.3 is 15.6 Å². The van der Waals surface area contributed by atoms with Gasteiger partial charge in [0.25, 0.3) is 0 Å². The van der Waals surface area contributed by atoms with E-state index in [1.807, 2.05) is 36.4 Å². The van der Waals surface area contributed by atoms with Gasteiger partial charge in [-0.25, -0.2) is 0 Å². The Bertz CT molecular complexity index is 566. The van der Waals surface area contributed by atoms with E-state index in [9.17, 15) is 5.11 Å². The van der Waals surface area contributed by atoms with Gasteiger partial charge in [0.1, 0.15) is 18.1 Å². The van der Waals surface area contributed by atoms with Crippen LogP contribution < -0.4 is 10.5 Å². The van der Waals surface area contributed by atoms with Crippen molar-refractivity contribution >= 4 is 0 Å². The summed E-state index contributed by atoms with van der Waals surface area (Å²) in [6.07, 6.45) is 2.36. The standard InChI is InChI=1S/C17H19NO2/c1-2-6-16(18)15-10-9-14(11-17(15)19)20-12-13-7-4-3-5-8-13/h2-5,7-11,16,19H,1,6,12,18H2/t16-/m1/s1. The van der Waals surface area contributed by atoms with Gasteiger partial charge in [-0.1, -0.05) is 42.5 Å². The maximum absolute atomic E-state index is 9.99. The summed E-state index contributed by atoms with van der Waals surface area (Å²) in [5.41, 5.74) is 7.74. The van der Waals surface area contributed by atoms with Gasteiger partial charge >= 0.3 is 0 Å². The fourth-order valence-electron chi connectivity index (χ4n) is 1.97. The minimum absolute atomic E-state index is 0.157. The van der Waals surface area contributed by atoms with E-state index in [4.69, 9.17) is 10.5 Å². The van der Waals surface area contributed by atoms with Crippen LogP contribution in [0.15, 0.2) is 61.2 Å². The highest BCUT2D eigenvalue weighted by Gasteiger charge is 2.10. The number of ether oxygens (including phenoxy) is 1. The number of nitrogens with two attached hydrogens (primary N) is 1. The molecule has 20 heavy (non-hydrogen) atoms. The zero-order valence-corrected chi connectivity index (χ0v) is 11.3. The quantitative estimate of drug-likeness (QED) is 0.788. The number of rotatable bonds is 6. The molecule has 0 fully saturated rings. The molecule has 2 aromatic rings. The Morgan fingerprint density at radius 2 is 1.95 bits per heavy atom. The third kappa shape index (κ3) is 3.62. The van der Waals surface area contributed by atoms with Crippen molar-refractivity contribution in [3.8, 4) is 11.5 Å². The predicted molar refractivity (Wildman–Crippen MR) is 80.6 cm³/mol. The van der Waals surface area contributed by atoms with E-state index >= 15 is 0 Å². The van der Waals surface area contributed by atoms with Crippen LogP contribution in [-0.4, -0.2) is 5.11 Å². The van der Waals surface area contributed by atoms with E-state index in [0.29, 0.717) is 24.3 Å². The highest BCUT2D eigenvalue weighted by atomic mass is 16.5. The second-order valence-corrected chi connectivity index (χ2v) is 4.63. The van der Waals surface area contributed by atoms with Gasteiger partial charge in [-0.2, -0.15) is 0 Å². The topological polar surface area (TPSA) is 55.5 Å². The molecule has 3 N–H and O–H groups in total. The highest BCUT2D eigenvalue weighted by Crippen LogP contribution is 2.29. The summed E-state index contributed by atoms with van der Waals surface area (Å²) in [7, 11) is 0. The van der Waals surface area contributed by atoms with Crippen LogP contribution in [0.2, 0.25) is 0 Å². The van der Waals surface area contributed by atoms with Crippen LogP contribution in [0.25, 0.3) is 0 Å². The normalized spacial score (nSPS) is 11.8. The van der Waals surface area contributed by atoms with Crippen molar-refractivity contribution in [2.45, 2.75) is 19.1 Å². The molecule has 2 rings (SSSR count). The minimum atomic E-state index is -0.240. The predicted octanol–water partition coefficient (Wildman–Crippen LogP) is 3.55. The van der Waals surface area contributed by atoms with Gasteiger partial charge in [-0.15, -0.1) is 6.58 Å². The lowest BCUT2D eigenvalue weighted by Gasteiger charge is -2.13. The highest BCUT2D eigenvalue weighted by molar-refractivity contribution is 5.41. The molecule has 1 atom stereocenters. The summed E-state index contributed by atoms with van der Waals surface area (Å²) in [6, 6.07) is 14.9. The number of aromatic hydroxyl groups is 1. The van der Waals surface area contributed by atoms with E-state index in [2.05, 4.69) is 6.58 Å². The Labute approximate surface area is 119 Å². The summed E-state index contributed by atoms with van der Waals surface area (Å²) in [4.78, 5) is 0. The molecule has 0 aliphatic heterocycles. The molecule has 0 saturated carbocycles. The van der Waals surface area contributed by atoms with E-state index < -0.39 is 0 Å². The summed E-state index contributed by atoms with van der Waals surface area (Å²) < 4.78 is 5.65. The Morgan fingerprint density at radius 1 is 1.20 bits per heavy atom. The van der Waals surface area contributed by atoms with Crippen molar-refractivity contribution in [2.24, 2.45) is 5.73 Å². The van der Waals surface area contributed by atoms with E-state index in [1.165, 1.54) is 0 Å². The Hall–Kier alpha value is -2.26. The monoisotopic (exact) mass is 269 g/mol. The fraction of sp³-hybridized carbons (Fsp3) is 0.176. The van der Waals surface area contributed by atoms with Gasteiger partial charge in [0.2, 0.25) is 0 Å². The lowest BCUT2D eigenvalue weighted by Crippen LogP contribution is -2.09. The van der Waals surface area contributed by atoms with E-state index in [-0.39, 0.29) is 11.8 Å². The van der Waals surface area contributed by atoms with Crippen LogP contribution in [0.4, 0.5) is 0 Å². The van der Waals surface area contributed by atoms with Crippen molar-refractivity contribution in [2.75, 3.05) is 0 Å². The SMILES string of the molecule is C=CC[C@@H](N)c1ccc(OCc2ccccc2)cc1O. The van der Waals surface area contributed by atoms with Crippen molar-refractivity contribution < 1.29 is 9.84 Å². The maximum atomic E-state index is 9.99. The molecular formula is C17H19NO2. The first kappa shape index (κ1) is 14.2. The number of benzene rings is 2. The molecule has 3 nitrogen and oxygen atoms in total. The minimum Gasteiger partial charge on any atom is -0.507 e. The molecule has 0 saturated heterocycles. The van der Waals surface area contributed by atoms with Gasteiger partial charge in [0.05, 0.1) is 0 Å². The molecule has 0 amide bonds. The summed E-state index contributed by atoms with van der Waals surface area (Å²) in [5.74, 6) is 0.783. The smallest absolute Gasteiger partial charge is 0.124 e. The zero-order valence-electron chi connectivity index (χ0n) is 11.3. The maximum Gasteiger partial charge on any atom is 0.124 e. The Balaban J connectivity index is 2.03. The molecule has 0 aliphatic carbocycles. The lowest BCUT2D eigenvalue weighted by atomic mass is 10.0. The number of phenols is 1. The first-order valence-corrected chi connectivity index (χ1v) is 6.57. The molecule has 0 aliphatic rings. The van der Waals surface area contributed by atoms with Gasteiger partial charge in [-0.3, -0.25) is 0 Å². The number of hydrogen-bond acceptors (Lipinski definition) is 3. The van der Waals surface area contributed by atoms with Crippen LogP contribution in [-0.2, 0) is 6.61 Å². The molecule has 0 radical (unpaired) electrons. The third-order valence-corrected chi connectivity index (χ3v) is 3.07. The van der Waals surface area contributed by atoms with Crippen LogP contribution in [0, 0.1) is 0 Å². The van der Waals surface area contributed by atoms with Crippen LogP contribution >= 0.6 is 0 Å². The molecule has 0 spiro atoms. The molecule has 0 aromatic heterocycles. The first-order valence-electron chi connectivity index (χ1n) is 6.57.